The Morgan fingerprint density at radius 1 is 0.971 bits per heavy atom. The molecule has 1 aliphatic rings. The van der Waals surface area contributed by atoms with Gasteiger partial charge in [-0.1, -0.05) is 19.1 Å². The van der Waals surface area contributed by atoms with E-state index in [1.807, 2.05) is 20.8 Å². The third kappa shape index (κ3) is 4.53. The Morgan fingerprint density at radius 2 is 1.71 bits per heavy atom. The number of Topliss-reactive ketones (excluding diaryl/α,β-unsaturated/α-hetero) is 1. The van der Waals surface area contributed by atoms with Gasteiger partial charge in [0, 0.05) is 18.2 Å². The Kier molecular flexibility index (Phi) is 8.04. The van der Waals surface area contributed by atoms with Gasteiger partial charge < -0.3 is 29.0 Å². The largest absolute Gasteiger partial charge is 0.507 e. The Morgan fingerprint density at radius 3 is 2.32 bits per heavy atom. The van der Waals surface area contributed by atoms with Crippen LogP contribution in [0.3, 0.4) is 0 Å². The van der Waals surface area contributed by atoms with Crippen molar-refractivity contribution < 1.29 is 33.6 Å². The van der Waals surface area contributed by atoms with Crippen LogP contribution in [0.25, 0.3) is 5.76 Å². The molecule has 1 aliphatic heterocycles. The molecular weight excluding hydrogens is 438 g/mol. The van der Waals surface area contributed by atoms with E-state index in [0.29, 0.717) is 60.3 Å². The Balaban J connectivity index is 2.28. The fourth-order valence-corrected chi connectivity index (χ4v) is 4.18. The minimum absolute atomic E-state index is 0.0323. The minimum atomic E-state index is -0.856. The van der Waals surface area contributed by atoms with Gasteiger partial charge in [0.25, 0.3) is 11.7 Å². The highest BCUT2D eigenvalue weighted by molar-refractivity contribution is 6.46. The summed E-state index contributed by atoms with van der Waals surface area (Å²) in [5.41, 5.74) is 0.807. The molecule has 1 N–H and O–H groups in total. The number of likely N-dealkylation sites (tertiary alicyclic amines) is 1. The summed E-state index contributed by atoms with van der Waals surface area (Å²) in [6.07, 6.45) is 0.628. The summed E-state index contributed by atoms with van der Waals surface area (Å²) in [6.45, 7) is 6.73. The van der Waals surface area contributed by atoms with E-state index in [-0.39, 0.29) is 11.3 Å². The molecule has 0 bridgehead atoms. The van der Waals surface area contributed by atoms with Crippen LogP contribution in [0.1, 0.15) is 44.4 Å². The molecule has 8 nitrogen and oxygen atoms in total. The predicted molar refractivity (Wildman–Crippen MR) is 128 cm³/mol. The number of hydrogen-bond acceptors (Lipinski definition) is 7. The normalized spacial score (nSPS) is 17.1. The standard InChI is InChI=1S/C26H31NO7/c1-6-14-27-22(18-10-9-11-19(31-4)25(18)32-5)21(24(29)26(27)30)23(28)17-13-12-16(33-7-2)15-20(17)34-8-3/h9-13,15,22,28H,6-8,14H2,1-5H3/b23-21+. The van der Waals surface area contributed by atoms with Gasteiger partial charge >= 0.3 is 0 Å². The van der Waals surface area contributed by atoms with E-state index < -0.39 is 17.7 Å². The molecule has 34 heavy (non-hydrogen) atoms. The number of rotatable bonds is 10. The number of methoxy groups -OCH3 is 2. The maximum Gasteiger partial charge on any atom is 0.295 e. The van der Waals surface area contributed by atoms with Gasteiger partial charge in [-0.15, -0.1) is 0 Å². The van der Waals surface area contributed by atoms with Gasteiger partial charge in [0.1, 0.15) is 17.3 Å². The number of carbonyl (C=O) groups excluding carboxylic acids is 2. The Hall–Kier alpha value is -3.68. The van der Waals surface area contributed by atoms with Crippen LogP contribution in [0, 0.1) is 0 Å². The van der Waals surface area contributed by atoms with Gasteiger partial charge in [-0.3, -0.25) is 9.59 Å². The summed E-state index contributed by atoms with van der Waals surface area (Å²) in [5.74, 6) is 0.000356. The maximum atomic E-state index is 13.2. The molecule has 0 radical (unpaired) electrons. The lowest BCUT2D eigenvalue weighted by Gasteiger charge is -2.27. The highest BCUT2D eigenvalue weighted by Gasteiger charge is 2.47. The van der Waals surface area contributed by atoms with Crippen molar-refractivity contribution >= 4 is 17.4 Å². The van der Waals surface area contributed by atoms with Crippen molar-refractivity contribution in [2.45, 2.75) is 33.2 Å². The fraction of sp³-hybridized carbons (Fsp3) is 0.385. The number of benzene rings is 2. The summed E-state index contributed by atoms with van der Waals surface area (Å²) in [4.78, 5) is 27.7. The molecule has 2 aromatic carbocycles. The molecule has 182 valence electrons. The zero-order valence-corrected chi connectivity index (χ0v) is 20.2. The first-order chi connectivity index (χ1) is 16.4. The Labute approximate surface area is 199 Å². The van der Waals surface area contributed by atoms with E-state index in [1.54, 1.807) is 36.4 Å². The molecule has 3 rings (SSSR count). The third-order valence-corrected chi connectivity index (χ3v) is 5.55. The van der Waals surface area contributed by atoms with Crippen LogP contribution in [-0.2, 0) is 9.59 Å². The lowest BCUT2D eigenvalue weighted by atomic mass is 9.94. The van der Waals surface area contributed by atoms with Crippen LogP contribution in [0.15, 0.2) is 42.0 Å². The van der Waals surface area contributed by atoms with Crippen molar-refractivity contribution in [3.05, 3.63) is 53.1 Å². The van der Waals surface area contributed by atoms with E-state index in [4.69, 9.17) is 18.9 Å². The predicted octanol–water partition coefficient (Wildman–Crippen LogP) is 4.33. The van der Waals surface area contributed by atoms with Crippen LogP contribution in [0.4, 0.5) is 0 Å². The molecule has 0 spiro atoms. The van der Waals surface area contributed by atoms with Crippen molar-refractivity contribution in [1.29, 1.82) is 0 Å². The number of ketones is 1. The molecule has 1 heterocycles. The lowest BCUT2D eigenvalue weighted by Crippen LogP contribution is -2.30. The van der Waals surface area contributed by atoms with Crippen LogP contribution < -0.4 is 18.9 Å². The number of aliphatic hydroxyl groups is 1. The molecule has 1 fully saturated rings. The zero-order valence-electron chi connectivity index (χ0n) is 20.2. The molecule has 1 unspecified atom stereocenters. The monoisotopic (exact) mass is 469 g/mol. The number of carbonyl (C=O) groups is 2. The van der Waals surface area contributed by atoms with Crippen molar-refractivity contribution in [1.82, 2.24) is 4.90 Å². The van der Waals surface area contributed by atoms with E-state index >= 15 is 0 Å². The van der Waals surface area contributed by atoms with Crippen molar-refractivity contribution in [2.24, 2.45) is 0 Å². The molecule has 1 amide bonds. The number of hydrogen-bond donors (Lipinski definition) is 1. The van der Waals surface area contributed by atoms with Crippen molar-refractivity contribution in [2.75, 3.05) is 34.0 Å². The third-order valence-electron chi connectivity index (χ3n) is 5.55. The van der Waals surface area contributed by atoms with Gasteiger partial charge in [-0.05, 0) is 38.5 Å². The Bertz CT molecular complexity index is 1090. The molecule has 0 aliphatic carbocycles. The summed E-state index contributed by atoms with van der Waals surface area (Å²) in [6, 6.07) is 9.36. The molecule has 0 saturated carbocycles. The number of nitrogens with zero attached hydrogens (tertiary/aromatic N) is 1. The first-order valence-corrected chi connectivity index (χ1v) is 11.3. The number of para-hydroxylation sites is 1. The van der Waals surface area contributed by atoms with Gasteiger partial charge in [0.2, 0.25) is 0 Å². The van der Waals surface area contributed by atoms with Gasteiger partial charge in [0.15, 0.2) is 11.5 Å². The smallest absolute Gasteiger partial charge is 0.295 e. The first-order valence-electron chi connectivity index (χ1n) is 11.3. The maximum absolute atomic E-state index is 13.2. The highest BCUT2D eigenvalue weighted by atomic mass is 16.5. The van der Waals surface area contributed by atoms with Crippen LogP contribution in [0.5, 0.6) is 23.0 Å². The van der Waals surface area contributed by atoms with E-state index in [9.17, 15) is 14.7 Å². The summed E-state index contributed by atoms with van der Waals surface area (Å²) >= 11 is 0. The van der Waals surface area contributed by atoms with Crippen LogP contribution in [0.2, 0.25) is 0 Å². The second kappa shape index (κ2) is 11.0. The van der Waals surface area contributed by atoms with Gasteiger partial charge in [-0.25, -0.2) is 0 Å². The van der Waals surface area contributed by atoms with Crippen LogP contribution >= 0.6 is 0 Å². The number of amides is 1. The topological polar surface area (TPSA) is 94.5 Å². The first kappa shape index (κ1) is 25.0. The summed E-state index contributed by atoms with van der Waals surface area (Å²) < 4.78 is 22.3. The van der Waals surface area contributed by atoms with E-state index in [1.165, 1.54) is 19.1 Å². The molecule has 0 aromatic heterocycles. The highest BCUT2D eigenvalue weighted by Crippen LogP contribution is 2.46. The van der Waals surface area contributed by atoms with E-state index in [0.717, 1.165) is 0 Å². The number of ether oxygens (including phenoxy) is 4. The van der Waals surface area contributed by atoms with Crippen molar-refractivity contribution in [3.8, 4) is 23.0 Å². The zero-order chi connectivity index (χ0) is 24.8. The quantitative estimate of drug-likeness (QED) is 0.314. The molecule has 8 heteroatoms. The molecule has 1 atom stereocenters. The fourth-order valence-electron chi connectivity index (χ4n) is 4.18. The van der Waals surface area contributed by atoms with Gasteiger partial charge in [-0.2, -0.15) is 0 Å². The summed E-state index contributed by atoms with van der Waals surface area (Å²) in [5, 5.41) is 11.4. The second-order valence-corrected chi connectivity index (χ2v) is 7.60. The number of aliphatic hydroxyl groups excluding tert-OH is 1. The summed E-state index contributed by atoms with van der Waals surface area (Å²) in [7, 11) is 3.01. The van der Waals surface area contributed by atoms with Crippen molar-refractivity contribution in [3.63, 3.8) is 0 Å². The SMILES string of the molecule is CCCN1C(=O)C(=O)/C(=C(/O)c2ccc(OCC)cc2OCC)C1c1cccc(OC)c1OC. The van der Waals surface area contributed by atoms with E-state index in [2.05, 4.69) is 0 Å². The lowest BCUT2D eigenvalue weighted by molar-refractivity contribution is -0.139. The molecular formula is C26H31NO7. The molecule has 1 saturated heterocycles. The van der Waals surface area contributed by atoms with Crippen LogP contribution in [-0.4, -0.2) is 55.7 Å². The average Bonchev–Trinajstić information content (AvgIpc) is 3.08. The minimum Gasteiger partial charge on any atom is -0.507 e. The second-order valence-electron chi connectivity index (χ2n) is 7.60. The molecule has 2 aromatic rings. The average molecular weight is 470 g/mol. The van der Waals surface area contributed by atoms with Gasteiger partial charge in [0.05, 0.1) is 44.6 Å².